The number of nitrogens with two attached hydrogens (primary N) is 2. The second-order valence-corrected chi connectivity index (χ2v) is 7.11. The molecule has 2 aromatic heterocycles. The van der Waals surface area contributed by atoms with Gasteiger partial charge in [-0.15, -0.1) is 0 Å². The van der Waals surface area contributed by atoms with Crippen LogP contribution in [0.5, 0.6) is 0 Å². The lowest BCUT2D eigenvalue weighted by atomic mass is 10.1. The molecule has 0 radical (unpaired) electrons. The third-order valence-electron chi connectivity index (χ3n) is 5.22. The molecule has 0 bridgehead atoms. The predicted octanol–water partition coefficient (Wildman–Crippen LogP) is 1.92. The van der Waals surface area contributed by atoms with Crippen molar-refractivity contribution in [2.45, 2.75) is 49.5 Å². The van der Waals surface area contributed by atoms with Crippen molar-refractivity contribution >= 4 is 0 Å². The van der Waals surface area contributed by atoms with E-state index in [9.17, 15) is 0 Å². The molecule has 2 aromatic rings. The summed E-state index contributed by atoms with van der Waals surface area (Å²) < 4.78 is 35.5. The normalized spacial score (nSPS) is 29.1. The van der Waals surface area contributed by atoms with E-state index in [1.54, 1.807) is 12.5 Å². The summed E-state index contributed by atoms with van der Waals surface area (Å²) in [5.74, 6) is 1.53. The Bertz CT molecular complexity index is 631. The fraction of sp³-hybridized carbons (Fsp3) is 0.600. The molecule has 4 N–H and O–H groups in total. The van der Waals surface area contributed by atoms with E-state index < -0.39 is 0 Å². The first-order valence-electron chi connectivity index (χ1n) is 9.81. The molecule has 0 aliphatic carbocycles. The van der Waals surface area contributed by atoms with Gasteiger partial charge in [0.05, 0.1) is 25.7 Å². The van der Waals surface area contributed by atoms with Gasteiger partial charge in [0.25, 0.3) is 0 Å². The average Bonchev–Trinajstić information content (AvgIpc) is 3.48. The highest BCUT2D eigenvalue weighted by Crippen LogP contribution is 2.36. The van der Waals surface area contributed by atoms with E-state index in [4.69, 9.17) is 39.2 Å². The van der Waals surface area contributed by atoms with Crippen LogP contribution in [-0.4, -0.2) is 50.7 Å². The van der Waals surface area contributed by atoms with Crippen molar-refractivity contribution in [1.29, 1.82) is 0 Å². The maximum atomic E-state index is 6.27. The molecule has 2 aliphatic heterocycles. The van der Waals surface area contributed by atoms with E-state index in [0.717, 1.165) is 11.5 Å². The Labute approximate surface area is 164 Å². The monoisotopic (exact) mass is 392 g/mol. The molecule has 4 unspecified atom stereocenters. The smallest absolute Gasteiger partial charge is 0.132 e. The summed E-state index contributed by atoms with van der Waals surface area (Å²) in [6.45, 7) is 1.89. The lowest BCUT2D eigenvalue weighted by Crippen LogP contribution is -2.35. The number of hydrogen-bond acceptors (Lipinski definition) is 8. The van der Waals surface area contributed by atoms with E-state index in [1.807, 2.05) is 24.3 Å². The predicted molar refractivity (Wildman–Crippen MR) is 99.5 cm³/mol. The van der Waals surface area contributed by atoms with Crippen LogP contribution in [0.15, 0.2) is 45.6 Å². The van der Waals surface area contributed by atoms with Gasteiger partial charge in [0, 0.05) is 0 Å². The first-order chi connectivity index (χ1) is 13.8. The van der Waals surface area contributed by atoms with Gasteiger partial charge < -0.3 is 39.2 Å². The zero-order chi connectivity index (χ0) is 19.3. The van der Waals surface area contributed by atoms with E-state index >= 15 is 0 Å². The zero-order valence-corrected chi connectivity index (χ0v) is 15.8. The second kappa shape index (κ2) is 9.21. The molecule has 4 heterocycles. The van der Waals surface area contributed by atoms with Gasteiger partial charge in [-0.1, -0.05) is 0 Å². The van der Waals surface area contributed by atoms with E-state index in [2.05, 4.69) is 0 Å². The Kier molecular flexibility index (Phi) is 6.46. The lowest BCUT2D eigenvalue weighted by Gasteiger charge is -2.23. The minimum atomic E-state index is -0.218. The standard InChI is InChI=1S/C20H28N2O6/c21-7-5-15(13-3-1-9-23-13)27-17-11-25-20-18(12-26-19(17)20)28-16(6-8-22)14-4-2-10-24-14/h1-4,9-10,15-20H,5-8,11-12,21-22H2/t15?,16?,17-,18-,19?,20?/m1/s1. The number of ether oxygens (including phenoxy) is 4. The Hall–Kier alpha value is -1.68. The minimum Gasteiger partial charge on any atom is -0.467 e. The van der Waals surface area contributed by atoms with Gasteiger partial charge in [0.15, 0.2) is 0 Å². The molecular formula is C20H28N2O6. The summed E-state index contributed by atoms with van der Waals surface area (Å²) in [4.78, 5) is 0. The fourth-order valence-corrected chi connectivity index (χ4v) is 3.89. The van der Waals surface area contributed by atoms with Crippen LogP contribution in [0.1, 0.15) is 36.6 Å². The third-order valence-corrected chi connectivity index (χ3v) is 5.22. The second-order valence-electron chi connectivity index (χ2n) is 7.11. The molecule has 0 amide bonds. The van der Waals surface area contributed by atoms with Gasteiger partial charge in [-0.05, 0) is 50.2 Å². The topological polar surface area (TPSA) is 115 Å². The highest BCUT2D eigenvalue weighted by atomic mass is 16.6. The summed E-state index contributed by atoms with van der Waals surface area (Å²) in [6, 6.07) is 7.49. The van der Waals surface area contributed by atoms with Crippen LogP contribution in [-0.2, 0) is 18.9 Å². The Balaban J connectivity index is 1.38. The summed E-state index contributed by atoms with van der Waals surface area (Å²) >= 11 is 0. The van der Waals surface area contributed by atoms with E-state index in [-0.39, 0.29) is 36.6 Å². The van der Waals surface area contributed by atoms with Crippen LogP contribution < -0.4 is 11.5 Å². The van der Waals surface area contributed by atoms with Gasteiger partial charge in [-0.2, -0.15) is 0 Å². The van der Waals surface area contributed by atoms with E-state index in [1.165, 1.54) is 0 Å². The van der Waals surface area contributed by atoms with Gasteiger partial charge in [-0.25, -0.2) is 0 Å². The van der Waals surface area contributed by atoms with Crippen molar-refractivity contribution in [1.82, 2.24) is 0 Å². The van der Waals surface area contributed by atoms with Gasteiger partial charge in [0.1, 0.15) is 48.1 Å². The van der Waals surface area contributed by atoms with Crippen molar-refractivity contribution in [3.05, 3.63) is 48.3 Å². The van der Waals surface area contributed by atoms with Crippen molar-refractivity contribution in [2.75, 3.05) is 26.3 Å². The SMILES string of the molecule is NCCC(O[C@@H]1COC2C1OC[C@H]2OC(CCN)c1ccco1)c1ccco1. The Morgan fingerprint density at radius 2 is 1.29 bits per heavy atom. The molecule has 0 saturated carbocycles. The van der Waals surface area contributed by atoms with Crippen LogP contribution in [0.4, 0.5) is 0 Å². The minimum absolute atomic E-state index is 0.185. The molecule has 28 heavy (non-hydrogen) atoms. The molecule has 8 nitrogen and oxygen atoms in total. The van der Waals surface area contributed by atoms with Gasteiger partial charge >= 0.3 is 0 Å². The number of rotatable bonds is 10. The molecule has 154 valence electrons. The average molecular weight is 392 g/mol. The van der Waals surface area contributed by atoms with Gasteiger partial charge in [0.2, 0.25) is 0 Å². The van der Waals surface area contributed by atoms with Crippen LogP contribution in [0.25, 0.3) is 0 Å². The maximum absolute atomic E-state index is 6.27. The highest BCUT2D eigenvalue weighted by molar-refractivity contribution is 5.05. The van der Waals surface area contributed by atoms with Crippen LogP contribution in [0.3, 0.4) is 0 Å². The van der Waals surface area contributed by atoms with Gasteiger partial charge in [-0.3, -0.25) is 0 Å². The molecule has 0 spiro atoms. The maximum Gasteiger partial charge on any atom is 0.132 e. The lowest BCUT2D eigenvalue weighted by molar-refractivity contribution is -0.0955. The zero-order valence-electron chi connectivity index (χ0n) is 15.8. The van der Waals surface area contributed by atoms with Crippen molar-refractivity contribution in [3.8, 4) is 0 Å². The van der Waals surface area contributed by atoms with Crippen LogP contribution in [0.2, 0.25) is 0 Å². The van der Waals surface area contributed by atoms with Crippen molar-refractivity contribution < 1.29 is 27.8 Å². The summed E-state index contributed by atoms with van der Waals surface area (Å²) in [7, 11) is 0. The first kappa shape index (κ1) is 19.6. The first-order valence-corrected chi connectivity index (χ1v) is 9.81. The number of fused-ring (bicyclic) bond motifs is 1. The van der Waals surface area contributed by atoms with Crippen molar-refractivity contribution in [2.24, 2.45) is 11.5 Å². The van der Waals surface area contributed by atoms with Crippen molar-refractivity contribution in [3.63, 3.8) is 0 Å². The van der Waals surface area contributed by atoms with Crippen LogP contribution in [0, 0.1) is 0 Å². The molecule has 8 heteroatoms. The third kappa shape index (κ3) is 4.17. The summed E-state index contributed by atoms with van der Waals surface area (Å²) in [5.41, 5.74) is 11.5. The highest BCUT2D eigenvalue weighted by Gasteiger charge is 2.50. The fourth-order valence-electron chi connectivity index (χ4n) is 3.89. The molecule has 2 aliphatic rings. The Morgan fingerprint density at radius 3 is 1.64 bits per heavy atom. The van der Waals surface area contributed by atoms with Crippen LogP contribution >= 0.6 is 0 Å². The summed E-state index contributed by atoms with van der Waals surface area (Å²) in [5, 5.41) is 0. The molecule has 2 saturated heterocycles. The molecule has 6 atom stereocenters. The summed E-state index contributed by atoms with van der Waals surface area (Å²) in [6.07, 6.45) is 3.40. The molecule has 2 fully saturated rings. The molecule has 0 aromatic carbocycles. The quantitative estimate of drug-likeness (QED) is 0.630. The molecular weight excluding hydrogens is 364 g/mol. The Morgan fingerprint density at radius 1 is 0.821 bits per heavy atom. The molecule has 4 rings (SSSR count). The number of furan rings is 2. The van der Waals surface area contributed by atoms with E-state index in [0.29, 0.717) is 39.1 Å². The largest absolute Gasteiger partial charge is 0.467 e. The number of hydrogen-bond donors (Lipinski definition) is 2.